The highest BCUT2D eigenvalue weighted by atomic mass is 16.1. The van der Waals surface area contributed by atoms with Crippen LogP contribution in [0, 0.1) is 26.2 Å². The van der Waals surface area contributed by atoms with E-state index in [0.717, 1.165) is 16.7 Å². The van der Waals surface area contributed by atoms with Crippen LogP contribution in [0.2, 0.25) is 0 Å². The molecular weight excluding hydrogens is 224 g/mol. The van der Waals surface area contributed by atoms with E-state index in [1.54, 1.807) is 0 Å². The molecular formula is C16H22O2. The molecule has 1 aromatic carbocycles. The summed E-state index contributed by atoms with van der Waals surface area (Å²) in [7, 11) is 0. The second kappa shape index (κ2) is 5.05. The molecule has 0 atom stereocenters. The van der Waals surface area contributed by atoms with Crippen LogP contribution in [0.3, 0.4) is 0 Å². The Bertz CT molecular complexity index is 467. The second-order valence-corrected chi connectivity index (χ2v) is 6.05. The average molecular weight is 246 g/mol. The van der Waals surface area contributed by atoms with E-state index in [1.165, 1.54) is 0 Å². The van der Waals surface area contributed by atoms with Gasteiger partial charge in [-0.2, -0.15) is 0 Å². The van der Waals surface area contributed by atoms with E-state index in [2.05, 4.69) is 0 Å². The van der Waals surface area contributed by atoms with Crippen LogP contribution in [0.15, 0.2) is 12.1 Å². The second-order valence-electron chi connectivity index (χ2n) is 6.05. The molecule has 98 valence electrons. The van der Waals surface area contributed by atoms with Crippen molar-refractivity contribution in [2.24, 2.45) is 5.41 Å². The molecule has 0 fully saturated rings. The van der Waals surface area contributed by atoms with Crippen molar-refractivity contribution in [3.63, 3.8) is 0 Å². The highest BCUT2D eigenvalue weighted by molar-refractivity contribution is 6.10. The van der Waals surface area contributed by atoms with Crippen LogP contribution in [-0.4, -0.2) is 11.6 Å². The van der Waals surface area contributed by atoms with Gasteiger partial charge in [-0.05, 0) is 31.9 Å². The molecule has 0 saturated heterocycles. The smallest absolute Gasteiger partial charge is 0.170 e. The van der Waals surface area contributed by atoms with Crippen LogP contribution in [-0.2, 0) is 4.79 Å². The molecule has 0 spiro atoms. The van der Waals surface area contributed by atoms with Gasteiger partial charge in [0.15, 0.2) is 5.78 Å². The molecule has 2 heteroatoms. The van der Waals surface area contributed by atoms with E-state index >= 15 is 0 Å². The highest BCUT2D eigenvalue weighted by Crippen LogP contribution is 2.22. The summed E-state index contributed by atoms with van der Waals surface area (Å²) in [6.45, 7) is 11.4. The van der Waals surface area contributed by atoms with E-state index < -0.39 is 5.41 Å². The lowest BCUT2D eigenvalue weighted by Crippen LogP contribution is -2.23. The normalized spacial score (nSPS) is 11.4. The maximum absolute atomic E-state index is 12.2. The van der Waals surface area contributed by atoms with Crippen molar-refractivity contribution in [3.05, 3.63) is 34.4 Å². The van der Waals surface area contributed by atoms with Crippen molar-refractivity contribution in [1.82, 2.24) is 0 Å². The van der Waals surface area contributed by atoms with Gasteiger partial charge in [0.2, 0.25) is 0 Å². The van der Waals surface area contributed by atoms with E-state index in [0.29, 0.717) is 5.56 Å². The van der Waals surface area contributed by atoms with Crippen molar-refractivity contribution in [2.75, 3.05) is 0 Å². The monoisotopic (exact) mass is 246 g/mol. The Balaban J connectivity index is 3.03. The minimum Gasteiger partial charge on any atom is -0.299 e. The number of Topliss-reactive ketones (excluding diaryl/α,β-unsaturated/α-hetero) is 2. The number of carbonyl (C=O) groups excluding carboxylic acids is 2. The van der Waals surface area contributed by atoms with Crippen molar-refractivity contribution < 1.29 is 9.59 Å². The minimum atomic E-state index is -0.456. The molecule has 0 aliphatic rings. The fourth-order valence-corrected chi connectivity index (χ4v) is 2.12. The van der Waals surface area contributed by atoms with Gasteiger partial charge in [0.1, 0.15) is 5.78 Å². The van der Waals surface area contributed by atoms with Crippen molar-refractivity contribution in [1.29, 1.82) is 0 Å². The summed E-state index contributed by atoms with van der Waals surface area (Å²) in [5, 5.41) is 0. The summed E-state index contributed by atoms with van der Waals surface area (Å²) in [6.07, 6.45) is -0.00571. The van der Waals surface area contributed by atoms with Crippen LogP contribution < -0.4 is 0 Å². The van der Waals surface area contributed by atoms with Gasteiger partial charge >= 0.3 is 0 Å². The van der Waals surface area contributed by atoms with Gasteiger partial charge in [-0.1, -0.05) is 38.5 Å². The molecule has 0 N–H and O–H groups in total. The Labute approximate surface area is 109 Å². The lowest BCUT2D eigenvalue weighted by atomic mass is 9.85. The van der Waals surface area contributed by atoms with E-state index in [4.69, 9.17) is 0 Å². The van der Waals surface area contributed by atoms with Crippen molar-refractivity contribution >= 4 is 11.6 Å². The summed E-state index contributed by atoms with van der Waals surface area (Å²) in [4.78, 5) is 24.2. The first-order valence-corrected chi connectivity index (χ1v) is 6.27. The molecule has 0 aliphatic heterocycles. The fraction of sp³-hybridized carbons (Fsp3) is 0.500. The standard InChI is InChI=1S/C16H22O2/c1-10-7-11(2)15(12(3)8-10)13(17)9-14(18)16(4,5)6/h7-8H,9H2,1-6H3. The average Bonchev–Trinajstić information content (AvgIpc) is 2.13. The quantitative estimate of drug-likeness (QED) is 0.600. The summed E-state index contributed by atoms with van der Waals surface area (Å²) < 4.78 is 0. The SMILES string of the molecule is Cc1cc(C)c(C(=O)CC(=O)C(C)(C)C)c(C)c1. The van der Waals surface area contributed by atoms with Gasteiger partial charge in [-0.3, -0.25) is 9.59 Å². The summed E-state index contributed by atoms with van der Waals surface area (Å²) in [5.74, 6) is -0.0724. The first-order valence-electron chi connectivity index (χ1n) is 6.27. The molecule has 1 rings (SSSR count). The maximum Gasteiger partial charge on any atom is 0.170 e. The van der Waals surface area contributed by atoms with Crippen LogP contribution in [0.5, 0.6) is 0 Å². The van der Waals surface area contributed by atoms with E-state index in [-0.39, 0.29) is 18.0 Å². The molecule has 18 heavy (non-hydrogen) atoms. The minimum absolute atomic E-state index is 0.00571. The molecule has 0 aromatic heterocycles. The predicted octanol–water partition coefficient (Wildman–Crippen LogP) is 3.80. The summed E-state index contributed by atoms with van der Waals surface area (Å²) in [5.41, 5.74) is 3.31. The molecule has 0 aliphatic carbocycles. The Hall–Kier alpha value is -1.44. The zero-order valence-corrected chi connectivity index (χ0v) is 12.2. The molecule has 0 heterocycles. The maximum atomic E-state index is 12.2. The number of aryl methyl sites for hydroxylation is 3. The number of hydrogen-bond acceptors (Lipinski definition) is 2. The topological polar surface area (TPSA) is 34.1 Å². The number of benzene rings is 1. The third-order valence-corrected chi connectivity index (χ3v) is 3.11. The number of ketones is 2. The van der Waals surface area contributed by atoms with E-state index in [1.807, 2.05) is 53.7 Å². The molecule has 0 bridgehead atoms. The Morgan fingerprint density at radius 3 is 1.83 bits per heavy atom. The third-order valence-electron chi connectivity index (χ3n) is 3.11. The van der Waals surface area contributed by atoms with Crippen molar-refractivity contribution in [2.45, 2.75) is 48.0 Å². The molecule has 2 nitrogen and oxygen atoms in total. The van der Waals surface area contributed by atoms with Crippen LogP contribution in [0.4, 0.5) is 0 Å². The largest absolute Gasteiger partial charge is 0.299 e. The van der Waals surface area contributed by atoms with Gasteiger partial charge in [0.25, 0.3) is 0 Å². The van der Waals surface area contributed by atoms with Gasteiger partial charge in [0, 0.05) is 11.0 Å². The zero-order valence-electron chi connectivity index (χ0n) is 12.2. The molecule has 0 saturated carbocycles. The Morgan fingerprint density at radius 1 is 1.00 bits per heavy atom. The first-order chi connectivity index (χ1) is 8.12. The van der Waals surface area contributed by atoms with Gasteiger partial charge in [0.05, 0.1) is 6.42 Å². The van der Waals surface area contributed by atoms with E-state index in [9.17, 15) is 9.59 Å². The molecule has 0 radical (unpaired) electrons. The number of carbonyl (C=O) groups is 2. The Morgan fingerprint density at radius 2 is 1.44 bits per heavy atom. The van der Waals surface area contributed by atoms with Crippen LogP contribution in [0.25, 0.3) is 0 Å². The summed E-state index contributed by atoms with van der Waals surface area (Å²) in [6, 6.07) is 3.98. The predicted molar refractivity (Wildman–Crippen MR) is 74.1 cm³/mol. The van der Waals surface area contributed by atoms with Crippen LogP contribution in [0.1, 0.15) is 54.2 Å². The van der Waals surface area contributed by atoms with Gasteiger partial charge < -0.3 is 0 Å². The lowest BCUT2D eigenvalue weighted by Gasteiger charge is -2.17. The molecule has 0 unspecified atom stereocenters. The van der Waals surface area contributed by atoms with Crippen LogP contribution >= 0.6 is 0 Å². The number of hydrogen-bond donors (Lipinski definition) is 0. The zero-order chi connectivity index (χ0) is 14.1. The Kier molecular flexibility index (Phi) is 4.10. The molecule has 0 amide bonds. The first kappa shape index (κ1) is 14.6. The van der Waals surface area contributed by atoms with Gasteiger partial charge in [-0.15, -0.1) is 0 Å². The highest BCUT2D eigenvalue weighted by Gasteiger charge is 2.25. The fourth-order valence-electron chi connectivity index (χ4n) is 2.12. The lowest BCUT2D eigenvalue weighted by molar-refractivity contribution is -0.125. The van der Waals surface area contributed by atoms with Gasteiger partial charge in [-0.25, -0.2) is 0 Å². The molecule has 1 aromatic rings. The third kappa shape index (κ3) is 3.28. The van der Waals surface area contributed by atoms with Crippen molar-refractivity contribution in [3.8, 4) is 0 Å². The summed E-state index contributed by atoms with van der Waals surface area (Å²) >= 11 is 0. The number of rotatable bonds is 3.